The van der Waals surface area contributed by atoms with Crippen molar-refractivity contribution in [2.24, 2.45) is 11.3 Å². The molecule has 0 saturated heterocycles. The Morgan fingerprint density at radius 3 is 2.62 bits per heavy atom. The van der Waals surface area contributed by atoms with Gasteiger partial charge in [-0.2, -0.15) is 4.39 Å². The van der Waals surface area contributed by atoms with Crippen molar-refractivity contribution in [3.63, 3.8) is 0 Å². The van der Waals surface area contributed by atoms with Crippen LogP contribution in [0.25, 0.3) is 0 Å². The van der Waals surface area contributed by atoms with Crippen molar-refractivity contribution >= 4 is 11.7 Å². The van der Waals surface area contributed by atoms with Crippen LogP contribution in [0.1, 0.15) is 38.2 Å². The molecule has 1 N–H and O–H groups in total. The second-order valence-electron chi connectivity index (χ2n) is 5.95. The van der Waals surface area contributed by atoms with Crippen molar-refractivity contribution in [2.45, 2.75) is 39.0 Å². The molecule has 1 aromatic carbocycles. The van der Waals surface area contributed by atoms with Gasteiger partial charge in [0, 0.05) is 6.07 Å². The number of hydrogen-bond acceptors (Lipinski definition) is 3. The molecule has 2 rings (SSSR count). The molecule has 1 saturated carbocycles. The predicted molar refractivity (Wildman–Crippen MR) is 74.5 cm³/mol. The fourth-order valence-electron chi connectivity index (χ4n) is 2.99. The monoisotopic (exact) mass is 295 g/mol. The number of aliphatic carboxylic acids is 1. The Morgan fingerprint density at radius 2 is 2.10 bits per heavy atom. The summed E-state index contributed by atoms with van der Waals surface area (Å²) in [6, 6.07) is 3.93. The van der Waals surface area contributed by atoms with E-state index >= 15 is 0 Å². The van der Waals surface area contributed by atoms with Crippen molar-refractivity contribution < 1.29 is 19.2 Å². The molecule has 0 amide bonds. The normalized spacial score (nSPS) is 25.5. The van der Waals surface area contributed by atoms with Crippen LogP contribution in [0.4, 0.5) is 10.1 Å². The van der Waals surface area contributed by atoms with Crippen LogP contribution in [0.15, 0.2) is 18.2 Å². The van der Waals surface area contributed by atoms with Crippen molar-refractivity contribution in [1.82, 2.24) is 0 Å². The summed E-state index contributed by atoms with van der Waals surface area (Å²) in [5.41, 5.74) is -1.50. The maximum Gasteiger partial charge on any atom is 0.309 e. The Labute approximate surface area is 121 Å². The van der Waals surface area contributed by atoms with Gasteiger partial charge in [0.2, 0.25) is 5.82 Å². The summed E-state index contributed by atoms with van der Waals surface area (Å²) in [6.45, 7) is 2.07. The summed E-state index contributed by atoms with van der Waals surface area (Å²) in [6.07, 6.45) is 2.52. The molecule has 0 aliphatic heterocycles. The van der Waals surface area contributed by atoms with E-state index in [1.807, 2.05) is 0 Å². The van der Waals surface area contributed by atoms with E-state index in [1.54, 1.807) is 0 Å². The molecule has 1 aliphatic rings. The standard InChI is InChI=1S/C15H18FNO4/c1-10-5-7-15(8-6-10,14(18)19)9-11-3-2-4-12(13(11)16)17(20)21/h2-4,10H,5-9H2,1H3,(H,18,19). The third-order valence-corrected chi connectivity index (χ3v) is 4.47. The topological polar surface area (TPSA) is 80.4 Å². The van der Waals surface area contributed by atoms with Crippen LogP contribution in [0.2, 0.25) is 0 Å². The van der Waals surface area contributed by atoms with Crippen LogP contribution in [0.5, 0.6) is 0 Å². The van der Waals surface area contributed by atoms with Crippen LogP contribution in [-0.2, 0) is 11.2 Å². The zero-order valence-electron chi connectivity index (χ0n) is 11.8. The van der Waals surface area contributed by atoms with Gasteiger partial charge in [0.05, 0.1) is 10.3 Å². The minimum atomic E-state index is -1.01. The summed E-state index contributed by atoms with van der Waals surface area (Å²) < 4.78 is 14.2. The van der Waals surface area contributed by atoms with E-state index in [2.05, 4.69) is 6.92 Å². The molecule has 114 valence electrons. The lowest BCUT2D eigenvalue weighted by molar-refractivity contribution is -0.387. The smallest absolute Gasteiger partial charge is 0.309 e. The van der Waals surface area contributed by atoms with Gasteiger partial charge < -0.3 is 5.11 Å². The highest BCUT2D eigenvalue weighted by molar-refractivity contribution is 5.75. The van der Waals surface area contributed by atoms with Gasteiger partial charge in [-0.15, -0.1) is 0 Å². The number of rotatable bonds is 4. The first-order valence-corrected chi connectivity index (χ1v) is 7.01. The Balaban J connectivity index is 2.32. The number of nitro groups is 1. The van der Waals surface area contributed by atoms with Crippen LogP contribution < -0.4 is 0 Å². The van der Waals surface area contributed by atoms with E-state index in [1.165, 1.54) is 12.1 Å². The van der Waals surface area contributed by atoms with E-state index in [9.17, 15) is 24.4 Å². The molecular weight excluding hydrogens is 277 g/mol. The number of halogens is 1. The highest BCUT2D eigenvalue weighted by Crippen LogP contribution is 2.42. The molecule has 1 aromatic rings. The van der Waals surface area contributed by atoms with Gasteiger partial charge in [-0.1, -0.05) is 19.1 Å². The van der Waals surface area contributed by atoms with E-state index in [0.717, 1.165) is 18.9 Å². The maximum absolute atomic E-state index is 14.2. The summed E-state index contributed by atoms with van der Waals surface area (Å²) >= 11 is 0. The highest BCUT2D eigenvalue weighted by atomic mass is 19.1. The van der Waals surface area contributed by atoms with E-state index in [4.69, 9.17) is 0 Å². The van der Waals surface area contributed by atoms with Gasteiger partial charge in [0.1, 0.15) is 0 Å². The third-order valence-electron chi connectivity index (χ3n) is 4.47. The second-order valence-corrected chi connectivity index (χ2v) is 5.95. The molecule has 1 fully saturated rings. The minimum Gasteiger partial charge on any atom is -0.481 e. The van der Waals surface area contributed by atoms with E-state index < -0.39 is 27.8 Å². The fourth-order valence-corrected chi connectivity index (χ4v) is 2.99. The van der Waals surface area contributed by atoms with Crippen molar-refractivity contribution in [3.8, 4) is 0 Å². The Bertz CT molecular complexity index is 565. The number of carboxylic acids is 1. The zero-order valence-corrected chi connectivity index (χ0v) is 11.8. The van der Waals surface area contributed by atoms with Crippen LogP contribution in [0, 0.1) is 27.3 Å². The highest BCUT2D eigenvalue weighted by Gasteiger charge is 2.42. The van der Waals surface area contributed by atoms with Gasteiger partial charge in [-0.25, -0.2) is 0 Å². The Kier molecular flexibility index (Phi) is 4.25. The Morgan fingerprint density at radius 1 is 1.48 bits per heavy atom. The fraction of sp³-hybridized carbons (Fsp3) is 0.533. The van der Waals surface area contributed by atoms with Crippen molar-refractivity contribution in [2.75, 3.05) is 0 Å². The maximum atomic E-state index is 14.2. The lowest BCUT2D eigenvalue weighted by Gasteiger charge is -2.36. The number of benzene rings is 1. The minimum absolute atomic E-state index is 0.00255. The van der Waals surface area contributed by atoms with E-state index in [-0.39, 0.29) is 12.0 Å². The first kappa shape index (κ1) is 15.4. The Hall–Kier alpha value is -1.98. The largest absolute Gasteiger partial charge is 0.481 e. The molecule has 1 aliphatic carbocycles. The molecule has 0 spiro atoms. The summed E-state index contributed by atoms with van der Waals surface area (Å²) in [5.74, 6) is -1.39. The van der Waals surface area contributed by atoms with Crippen LogP contribution in [0.3, 0.4) is 0 Å². The molecule has 0 aromatic heterocycles. The lowest BCUT2D eigenvalue weighted by Crippen LogP contribution is -2.37. The molecule has 0 unspecified atom stereocenters. The quantitative estimate of drug-likeness (QED) is 0.680. The first-order valence-electron chi connectivity index (χ1n) is 7.01. The number of carboxylic acid groups (broad SMARTS) is 1. The zero-order chi connectivity index (χ0) is 15.6. The molecule has 0 bridgehead atoms. The van der Waals surface area contributed by atoms with Crippen molar-refractivity contribution in [1.29, 1.82) is 0 Å². The summed E-state index contributed by atoms with van der Waals surface area (Å²) in [4.78, 5) is 21.7. The third kappa shape index (κ3) is 3.04. The van der Waals surface area contributed by atoms with Crippen molar-refractivity contribution in [3.05, 3.63) is 39.7 Å². The molecule has 0 atom stereocenters. The molecule has 0 heterocycles. The first-order chi connectivity index (χ1) is 9.85. The van der Waals surface area contributed by atoms with E-state index in [0.29, 0.717) is 18.8 Å². The lowest BCUT2D eigenvalue weighted by atomic mass is 9.68. The summed E-state index contributed by atoms with van der Waals surface area (Å²) in [5, 5.41) is 20.3. The molecule has 6 heteroatoms. The van der Waals surface area contributed by atoms with Gasteiger partial charge in [-0.3, -0.25) is 14.9 Å². The summed E-state index contributed by atoms with van der Waals surface area (Å²) in [7, 11) is 0. The molecular formula is C15H18FNO4. The molecule has 0 radical (unpaired) electrons. The number of carbonyl (C=O) groups is 1. The molecule has 5 nitrogen and oxygen atoms in total. The average molecular weight is 295 g/mol. The average Bonchev–Trinajstić information content (AvgIpc) is 2.43. The number of nitrogens with zero attached hydrogens (tertiary/aromatic N) is 1. The second kappa shape index (κ2) is 5.79. The van der Waals surface area contributed by atoms with Crippen LogP contribution >= 0.6 is 0 Å². The molecule has 21 heavy (non-hydrogen) atoms. The van der Waals surface area contributed by atoms with Gasteiger partial charge >= 0.3 is 11.7 Å². The van der Waals surface area contributed by atoms with Crippen LogP contribution in [-0.4, -0.2) is 16.0 Å². The number of nitro benzene ring substituents is 1. The SMILES string of the molecule is CC1CCC(Cc2cccc([N+](=O)[O-])c2F)(C(=O)O)CC1. The van der Waals surface area contributed by atoms with Gasteiger partial charge in [0.25, 0.3) is 0 Å². The van der Waals surface area contributed by atoms with Gasteiger partial charge in [-0.05, 0) is 43.6 Å². The predicted octanol–water partition coefficient (Wildman–Crippen LogP) is 3.56. The van der Waals surface area contributed by atoms with Gasteiger partial charge in [0.15, 0.2) is 0 Å². The number of hydrogen-bond donors (Lipinski definition) is 1.